The third-order valence-corrected chi connectivity index (χ3v) is 3.18. The van der Waals surface area contributed by atoms with Crippen molar-refractivity contribution >= 4 is 0 Å². The molecule has 0 aliphatic rings. The number of halogens is 2. The fourth-order valence-electron chi connectivity index (χ4n) is 2.05. The zero-order valence-electron chi connectivity index (χ0n) is 11.7. The fraction of sp³-hybridized carbons (Fsp3) is 0.118. The van der Waals surface area contributed by atoms with Crippen LogP contribution in [-0.2, 0) is 6.54 Å². The molecule has 112 valence electrons. The van der Waals surface area contributed by atoms with Crippen LogP contribution in [0.25, 0.3) is 11.3 Å². The van der Waals surface area contributed by atoms with Crippen molar-refractivity contribution in [3.05, 3.63) is 72.4 Å². The Morgan fingerprint density at radius 2 is 1.50 bits per heavy atom. The van der Waals surface area contributed by atoms with Crippen LogP contribution in [0.4, 0.5) is 8.78 Å². The average Bonchev–Trinajstić information content (AvgIpc) is 2.99. The summed E-state index contributed by atoms with van der Waals surface area (Å²) in [6.07, 6.45) is 1.84. The highest BCUT2D eigenvalue weighted by Crippen LogP contribution is 2.17. The van der Waals surface area contributed by atoms with Crippen LogP contribution < -0.4 is 4.74 Å². The molecule has 0 saturated carbocycles. The predicted octanol–water partition coefficient (Wildman–Crippen LogP) is 3.91. The van der Waals surface area contributed by atoms with E-state index in [0.717, 1.165) is 11.3 Å². The van der Waals surface area contributed by atoms with Crippen molar-refractivity contribution in [2.75, 3.05) is 6.61 Å². The molecule has 0 N–H and O–H groups in total. The standard InChI is InChI=1S/C17H14F2N2O/c18-14-3-1-13(2-4-14)17-9-10-21(20-17)11-12-22-16-7-5-15(19)6-8-16/h1-10H,11-12H2. The van der Waals surface area contributed by atoms with Crippen molar-refractivity contribution in [3.63, 3.8) is 0 Å². The summed E-state index contributed by atoms with van der Waals surface area (Å²) < 4.78 is 32.9. The number of hydrogen-bond acceptors (Lipinski definition) is 2. The first kappa shape index (κ1) is 14.3. The van der Waals surface area contributed by atoms with Gasteiger partial charge in [-0.2, -0.15) is 5.10 Å². The number of nitrogens with zero attached hydrogens (tertiary/aromatic N) is 2. The molecule has 0 bridgehead atoms. The maximum absolute atomic E-state index is 12.9. The lowest BCUT2D eigenvalue weighted by molar-refractivity contribution is 0.291. The molecule has 0 saturated heterocycles. The average molecular weight is 300 g/mol. The van der Waals surface area contributed by atoms with Gasteiger partial charge < -0.3 is 4.74 Å². The summed E-state index contributed by atoms with van der Waals surface area (Å²) in [7, 11) is 0. The van der Waals surface area contributed by atoms with Gasteiger partial charge in [-0.05, 0) is 54.6 Å². The topological polar surface area (TPSA) is 27.1 Å². The van der Waals surface area contributed by atoms with Gasteiger partial charge in [-0.15, -0.1) is 0 Å². The summed E-state index contributed by atoms with van der Waals surface area (Å²) in [5.74, 6) is 0.0616. The minimum atomic E-state index is -0.289. The molecule has 1 heterocycles. The van der Waals surface area contributed by atoms with Gasteiger partial charge in [-0.1, -0.05) is 0 Å². The maximum atomic E-state index is 12.9. The highest BCUT2D eigenvalue weighted by molar-refractivity contribution is 5.58. The lowest BCUT2D eigenvalue weighted by Gasteiger charge is -2.06. The highest BCUT2D eigenvalue weighted by atomic mass is 19.1. The van der Waals surface area contributed by atoms with Crippen LogP contribution in [0.2, 0.25) is 0 Å². The summed E-state index contributed by atoms with van der Waals surface area (Å²) in [5.41, 5.74) is 1.64. The molecule has 3 rings (SSSR count). The molecule has 0 aliphatic heterocycles. The van der Waals surface area contributed by atoms with Crippen molar-refractivity contribution in [1.82, 2.24) is 9.78 Å². The first-order valence-corrected chi connectivity index (χ1v) is 6.88. The van der Waals surface area contributed by atoms with Crippen LogP contribution >= 0.6 is 0 Å². The molecular formula is C17H14F2N2O. The molecule has 1 aromatic heterocycles. The Balaban J connectivity index is 1.57. The second kappa shape index (κ2) is 6.39. The maximum Gasteiger partial charge on any atom is 0.123 e. The summed E-state index contributed by atoms with van der Waals surface area (Å²) in [6.45, 7) is 0.995. The lowest BCUT2D eigenvalue weighted by Crippen LogP contribution is -2.08. The normalized spacial score (nSPS) is 10.6. The predicted molar refractivity (Wildman–Crippen MR) is 79.5 cm³/mol. The summed E-state index contributed by atoms with van der Waals surface area (Å²) >= 11 is 0. The van der Waals surface area contributed by atoms with E-state index in [-0.39, 0.29) is 11.6 Å². The van der Waals surface area contributed by atoms with E-state index < -0.39 is 0 Å². The van der Waals surface area contributed by atoms with Gasteiger partial charge in [0, 0.05) is 11.8 Å². The van der Waals surface area contributed by atoms with Crippen molar-refractivity contribution in [2.45, 2.75) is 6.54 Å². The number of ether oxygens (including phenoxy) is 1. The van der Waals surface area contributed by atoms with Gasteiger partial charge in [-0.25, -0.2) is 8.78 Å². The Bertz CT molecular complexity index is 736. The molecule has 0 spiro atoms. The molecule has 22 heavy (non-hydrogen) atoms. The smallest absolute Gasteiger partial charge is 0.123 e. The zero-order valence-corrected chi connectivity index (χ0v) is 11.7. The molecule has 0 atom stereocenters. The van der Waals surface area contributed by atoms with Crippen molar-refractivity contribution < 1.29 is 13.5 Å². The van der Waals surface area contributed by atoms with E-state index in [0.29, 0.717) is 18.9 Å². The van der Waals surface area contributed by atoms with Gasteiger partial charge in [-0.3, -0.25) is 4.68 Å². The third kappa shape index (κ3) is 3.49. The first-order chi connectivity index (χ1) is 10.7. The van der Waals surface area contributed by atoms with Crippen molar-refractivity contribution in [2.24, 2.45) is 0 Å². The van der Waals surface area contributed by atoms with E-state index in [1.54, 1.807) is 28.9 Å². The van der Waals surface area contributed by atoms with E-state index >= 15 is 0 Å². The number of hydrogen-bond donors (Lipinski definition) is 0. The van der Waals surface area contributed by atoms with Gasteiger partial charge in [0.25, 0.3) is 0 Å². The minimum Gasteiger partial charge on any atom is -0.492 e. The van der Waals surface area contributed by atoms with Crippen LogP contribution in [0.3, 0.4) is 0 Å². The monoisotopic (exact) mass is 300 g/mol. The van der Waals surface area contributed by atoms with E-state index in [9.17, 15) is 8.78 Å². The largest absolute Gasteiger partial charge is 0.492 e. The molecular weight excluding hydrogens is 286 g/mol. The summed E-state index contributed by atoms with van der Waals surface area (Å²) in [6, 6.07) is 14.0. The Morgan fingerprint density at radius 3 is 2.18 bits per heavy atom. The molecule has 0 radical (unpaired) electrons. The second-order valence-electron chi connectivity index (χ2n) is 4.77. The van der Waals surface area contributed by atoms with Gasteiger partial charge in [0.05, 0.1) is 12.2 Å². The number of benzene rings is 2. The molecule has 3 aromatic rings. The van der Waals surface area contributed by atoms with Gasteiger partial charge >= 0.3 is 0 Å². The van der Waals surface area contributed by atoms with Crippen LogP contribution in [0.5, 0.6) is 5.75 Å². The molecule has 0 aliphatic carbocycles. The van der Waals surface area contributed by atoms with Crippen LogP contribution in [0.15, 0.2) is 60.8 Å². The van der Waals surface area contributed by atoms with Gasteiger partial charge in [0.2, 0.25) is 0 Å². The van der Waals surface area contributed by atoms with Crippen LogP contribution in [-0.4, -0.2) is 16.4 Å². The van der Waals surface area contributed by atoms with Crippen molar-refractivity contribution in [1.29, 1.82) is 0 Å². The number of rotatable bonds is 5. The van der Waals surface area contributed by atoms with Crippen LogP contribution in [0.1, 0.15) is 0 Å². The lowest BCUT2D eigenvalue weighted by atomic mass is 10.1. The van der Waals surface area contributed by atoms with E-state index in [4.69, 9.17) is 4.74 Å². The zero-order chi connectivity index (χ0) is 15.4. The highest BCUT2D eigenvalue weighted by Gasteiger charge is 2.03. The molecule has 3 nitrogen and oxygen atoms in total. The summed E-state index contributed by atoms with van der Waals surface area (Å²) in [4.78, 5) is 0. The SMILES string of the molecule is Fc1ccc(OCCn2ccc(-c3ccc(F)cc3)n2)cc1. The minimum absolute atomic E-state index is 0.268. The Kier molecular flexibility index (Phi) is 4.14. The molecule has 0 fully saturated rings. The van der Waals surface area contributed by atoms with E-state index in [2.05, 4.69) is 5.10 Å². The van der Waals surface area contributed by atoms with Crippen molar-refractivity contribution in [3.8, 4) is 17.0 Å². The quantitative estimate of drug-likeness (QED) is 0.714. The fourth-order valence-corrected chi connectivity index (χ4v) is 2.05. The van der Waals surface area contributed by atoms with Gasteiger partial charge in [0.15, 0.2) is 0 Å². The molecule has 2 aromatic carbocycles. The third-order valence-electron chi connectivity index (χ3n) is 3.18. The Hall–Kier alpha value is -2.69. The Labute approximate surface area is 126 Å². The Morgan fingerprint density at radius 1 is 0.864 bits per heavy atom. The molecule has 0 amide bonds. The molecule has 5 heteroatoms. The summed E-state index contributed by atoms with van der Waals surface area (Å²) in [5, 5.41) is 4.41. The number of aromatic nitrogens is 2. The van der Waals surface area contributed by atoms with E-state index in [1.165, 1.54) is 24.3 Å². The van der Waals surface area contributed by atoms with Crippen LogP contribution in [0, 0.1) is 11.6 Å². The first-order valence-electron chi connectivity index (χ1n) is 6.88. The molecule has 0 unspecified atom stereocenters. The second-order valence-corrected chi connectivity index (χ2v) is 4.77. The van der Waals surface area contributed by atoms with E-state index in [1.807, 2.05) is 12.3 Å². The van der Waals surface area contributed by atoms with Gasteiger partial charge in [0.1, 0.15) is 24.0 Å².